The van der Waals surface area contributed by atoms with Crippen molar-refractivity contribution in [2.75, 3.05) is 10.6 Å². The molecule has 2 aliphatic rings. The summed E-state index contributed by atoms with van der Waals surface area (Å²) < 4.78 is 9.35. The van der Waals surface area contributed by atoms with E-state index < -0.39 is 35.7 Å². The summed E-state index contributed by atoms with van der Waals surface area (Å²) in [7, 11) is 0. The van der Waals surface area contributed by atoms with Gasteiger partial charge in [0.25, 0.3) is 11.8 Å². The Labute approximate surface area is 270 Å². The van der Waals surface area contributed by atoms with Gasteiger partial charge in [0.05, 0.1) is 22.3 Å². The number of benzene rings is 6. The SMILES string of the molecule is O=C(Nc1ccc2ccccc2c1-c1c(NC(=O)c2ccc3c(c2)C(=O)OC3=O)ccc2ccccc12)c1ccc2c(c1)C(=O)OC2=O. The fourth-order valence-electron chi connectivity index (χ4n) is 6.13. The van der Waals surface area contributed by atoms with E-state index in [9.17, 15) is 28.8 Å². The molecule has 2 heterocycles. The van der Waals surface area contributed by atoms with Crippen molar-refractivity contribution < 1.29 is 38.2 Å². The minimum atomic E-state index is -0.820. The molecule has 10 nitrogen and oxygen atoms in total. The number of fused-ring (bicyclic) bond motifs is 4. The first-order valence-corrected chi connectivity index (χ1v) is 14.7. The normalized spacial score (nSPS) is 13.2. The van der Waals surface area contributed by atoms with Crippen molar-refractivity contribution >= 4 is 68.6 Å². The van der Waals surface area contributed by atoms with Crippen LogP contribution in [0.2, 0.25) is 0 Å². The van der Waals surface area contributed by atoms with Gasteiger partial charge in [0, 0.05) is 33.6 Å². The Hall–Kier alpha value is -6.94. The highest BCUT2D eigenvalue weighted by Gasteiger charge is 2.32. The molecule has 2 aliphatic heterocycles. The average molecular weight is 633 g/mol. The lowest BCUT2D eigenvalue weighted by atomic mass is 9.90. The van der Waals surface area contributed by atoms with Crippen LogP contribution in [0, 0.1) is 0 Å². The second-order valence-corrected chi connectivity index (χ2v) is 11.2. The van der Waals surface area contributed by atoms with Gasteiger partial charge < -0.3 is 20.1 Å². The van der Waals surface area contributed by atoms with Crippen molar-refractivity contribution in [2.45, 2.75) is 0 Å². The quantitative estimate of drug-likeness (QED) is 0.156. The number of esters is 4. The van der Waals surface area contributed by atoms with Crippen molar-refractivity contribution in [1.82, 2.24) is 0 Å². The summed E-state index contributed by atoms with van der Waals surface area (Å²) in [5, 5.41) is 9.26. The van der Waals surface area contributed by atoms with E-state index >= 15 is 0 Å². The van der Waals surface area contributed by atoms with Crippen LogP contribution in [0.1, 0.15) is 62.1 Å². The Kier molecular flexibility index (Phi) is 6.45. The minimum Gasteiger partial charge on any atom is -0.386 e. The van der Waals surface area contributed by atoms with Crippen molar-refractivity contribution in [3.63, 3.8) is 0 Å². The second kappa shape index (κ2) is 10.8. The van der Waals surface area contributed by atoms with Gasteiger partial charge >= 0.3 is 23.9 Å². The molecule has 0 bridgehead atoms. The molecule has 0 fully saturated rings. The lowest BCUT2D eigenvalue weighted by Gasteiger charge is -2.20. The van der Waals surface area contributed by atoms with Crippen molar-refractivity contribution in [2.24, 2.45) is 0 Å². The van der Waals surface area contributed by atoms with Crippen LogP contribution in [-0.4, -0.2) is 35.7 Å². The van der Waals surface area contributed by atoms with E-state index in [1.807, 2.05) is 60.7 Å². The molecule has 10 heteroatoms. The summed E-state index contributed by atoms with van der Waals surface area (Å²) in [4.78, 5) is 75.7. The molecule has 6 aromatic rings. The van der Waals surface area contributed by atoms with Gasteiger partial charge in [-0.3, -0.25) is 9.59 Å². The monoisotopic (exact) mass is 632 g/mol. The lowest BCUT2D eigenvalue weighted by Crippen LogP contribution is -2.15. The lowest BCUT2D eigenvalue weighted by molar-refractivity contribution is 0.0425. The molecule has 0 atom stereocenters. The maximum absolute atomic E-state index is 13.7. The highest BCUT2D eigenvalue weighted by molar-refractivity contribution is 6.21. The predicted octanol–water partition coefficient (Wildman–Crippen LogP) is 6.79. The van der Waals surface area contributed by atoms with E-state index in [2.05, 4.69) is 20.1 Å². The molecule has 8 rings (SSSR count). The Morgan fingerprint density at radius 1 is 0.438 bits per heavy atom. The maximum Gasteiger partial charge on any atom is 0.346 e. The molecule has 6 aromatic carbocycles. The topological polar surface area (TPSA) is 145 Å². The summed E-state index contributed by atoms with van der Waals surface area (Å²) >= 11 is 0. The summed E-state index contributed by atoms with van der Waals surface area (Å²) in [6, 6.07) is 30.8. The van der Waals surface area contributed by atoms with Gasteiger partial charge in [-0.05, 0) is 70.1 Å². The van der Waals surface area contributed by atoms with Gasteiger partial charge in [-0.2, -0.15) is 0 Å². The third-order valence-corrected chi connectivity index (χ3v) is 8.42. The summed E-state index contributed by atoms with van der Waals surface area (Å²) in [6.07, 6.45) is 0. The number of hydrogen-bond donors (Lipinski definition) is 2. The first-order valence-electron chi connectivity index (χ1n) is 14.7. The smallest absolute Gasteiger partial charge is 0.346 e. The number of amides is 2. The number of cyclic esters (lactones) is 4. The van der Waals surface area contributed by atoms with E-state index in [-0.39, 0.29) is 33.4 Å². The molecule has 0 spiro atoms. The number of anilines is 2. The molecule has 0 unspecified atom stereocenters. The van der Waals surface area contributed by atoms with Gasteiger partial charge in [-0.15, -0.1) is 0 Å². The number of carbonyl (C=O) groups is 6. The Morgan fingerprint density at radius 3 is 1.27 bits per heavy atom. The van der Waals surface area contributed by atoms with E-state index in [0.29, 0.717) is 22.5 Å². The summed E-state index contributed by atoms with van der Waals surface area (Å²) in [5.74, 6) is -4.24. The highest BCUT2D eigenvalue weighted by Crippen LogP contribution is 2.44. The number of hydrogen-bond acceptors (Lipinski definition) is 8. The molecule has 0 saturated carbocycles. The third-order valence-electron chi connectivity index (χ3n) is 8.42. The molecule has 2 amide bonds. The molecule has 0 aromatic heterocycles. The van der Waals surface area contributed by atoms with Gasteiger partial charge in [-0.25, -0.2) is 19.2 Å². The van der Waals surface area contributed by atoms with E-state index in [0.717, 1.165) is 21.5 Å². The number of carbonyl (C=O) groups excluding carboxylic acids is 6. The number of ether oxygens (including phenoxy) is 2. The molecule has 0 radical (unpaired) electrons. The zero-order valence-corrected chi connectivity index (χ0v) is 24.7. The molecular formula is C38H20N2O8. The van der Waals surface area contributed by atoms with Gasteiger partial charge in [0.15, 0.2) is 0 Å². The highest BCUT2D eigenvalue weighted by atomic mass is 16.6. The molecule has 0 aliphatic carbocycles. The standard InChI is InChI=1S/C38H20N2O8/c41-33(21-9-13-25-27(17-21)37(45)47-35(25)43)39-29-15-11-19-5-1-3-7-23(19)31(29)32-24-8-4-2-6-20(24)12-16-30(32)40-34(42)22-10-14-26-28(18-22)38(46)48-36(26)44/h1-18H,(H,39,41)(H,40,42). The molecule has 2 N–H and O–H groups in total. The van der Waals surface area contributed by atoms with Crippen molar-refractivity contribution in [3.05, 3.63) is 143 Å². The summed E-state index contributed by atoms with van der Waals surface area (Å²) in [6.45, 7) is 0. The zero-order chi connectivity index (χ0) is 33.1. The molecular weight excluding hydrogens is 612 g/mol. The fraction of sp³-hybridized carbons (Fsp3) is 0. The van der Waals surface area contributed by atoms with Crippen LogP contribution in [0.25, 0.3) is 32.7 Å². The number of nitrogens with one attached hydrogen (secondary N) is 2. The third kappa shape index (κ3) is 4.59. The van der Waals surface area contributed by atoms with Crippen LogP contribution in [0.4, 0.5) is 11.4 Å². The average Bonchev–Trinajstić information content (AvgIpc) is 3.56. The largest absolute Gasteiger partial charge is 0.386 e. The Balaban J connectivity index is 1.26. The zero-order valence-electron chi connectivity index (χ0n) is 24.7. The molecule has 0 saturated heterocycles. The van der Waals surface area contributed by atoms with Crippen molar-refractivity contribution in [3.8, 4) is 11.1 Å². The molecule has 230 valence electrons. The minimum absolute atomic E-state index is 0.00891. The van der Waals surface area contributed by atoms with Crippen LogP contribution in [0.3, 0.4) is 0 Å². The van der Waals surface area contributed by atoms with E-state index in [4.69, 9.17) is 0 Å². The van der Waals surface area contributed by atoms with Crippen LogP contribution >= 0.6 is 0 Å². The molecule has 48 heavy (non-hydrogen) atoms. The first kappa shape index (κ1) is 28.5. The predicted molar refractivity (Wildman–Crippen MR) is 175 cm³/mol. The summed E-state index contributed by atoms with van der Waals surface area (Å²) in [5.41, 5.74) is 2.55. The van der Waals surface area contributed by atoms with E-state index in [1.54, 1.807) is 12.1 Å². The Bertz CT molecular complexity index is 2310. The van der Waals surface area contributed by atoms with Crippen LogP contribution in [0.15, 0.2) is 109 Å². The maximum atomic E-state index is 13.7. The first-order chi connectivity index (χ1) is 23.3. The van der Waals surface area contributed by atoms with E-state index in [1.165, 1.54) is 36.4 Å². The van der Waals surface area contributed by atoms with Gasteiger partial charge in [0.1, 0.15) is 0 Å². The van der Waals surface area contributed by atoms with Crippen LogP contribution in [0.5, 0.6) is 0 Å². The van der Waals surface area contributed by atoms with Gasteiger partial charge in [-0.1, -0.05) is 60.7 Å². The van der Waals surface area contributed by atoms with Gasteiger partial charge in [0.2, 0.25) is 0 Å². The van der Waals surface area contributed by atoms with Crippen molar-refractivity contribution in [1.29, 1.82) is 0 Å². The Morgan fingerprint density at radius 2 is 0.833 bits per heavy atom. The van der Waals surface area contributed by atoms with Crippen LogP contribution < -0.4 is 10.6 Å². The van der Waals surface area contributed by atoms with Crippen LogP contribution in [-0.2, 0) is 9.47 Å². The number of rotatable bonds is 5. The second-order valence-electron chi connectivity index (χ2n) is 11.2. The fourth-order valence-corrected chi connectivity index (χ4v) is 6.13.